The third kappa shape index (κ3) is 4.44. The molecule has 0 aromatic heterocycles. The van der Waals surface area contributed by atoms with Gasteiger partial charge in [0.2, 0.25) is 5.91 Å². The van der Waals surface area contributed by atoms with Crippen molar-refractivity contribution < 1.29 is 14.3 Å². The van der Waals surface area contributed by atoms with Crippen LogP contribution in [0.25, 0.3) is 0 Å². The second-order valence-electron chi connectivity index (χ2n) is 4.14. The first-order valence-electron chi connectivity index (χ1n) is 6.37. The van der Waals surface area contributed by atoms with Gasteiger partial charge in [-0.05, 0) is 31.5 Å². The molecule has 19 heavy (non-hydrogen) atoms. The summed E-state index contributed by atoms with van der Waals surface area (Å²) in [5.41, 5.74) is 1.04. The number of nitrogens with one attached hydrogen (secondary N) is 2. The summed E-state index contributed by atoms with van der Waals surface area (Å²) in [5, 5.41) is 5.75. The van der Waals surface area contributed by atoms with Gasteiger partial charge in [0.1, 0.15) is 0 Å². The lowest BCUT2D eigenvalue weighted by Gasteiger charge is -2.14. The average Bonchev–Trinajstić information content (AvgIpc) is 2.45. The fourth-order valence-electron chi connectivity index (χ4n) is 1.68. The van der Waals surface area contributed by atoms with Gasteiger partial charge in [-0.25, -0.2) is 0 Å². The molecule has 5 nitrogen and oxygen atoms in total. The Labute approximate surface area is 114 Å². The fourth-order valence-corrected chi connectivity index (χ4v) is 1.68. The Balaban J connectivity index is 2.67. The molecule has 1 rings (SSSR count). The summed E-state index contributed by atoms with van der Waals surface area (Å²) >= 11 is 0. The summed E-state index contributed by atoms with van der Waals surface area (Å²) in [6.07, 6.45) is 0. The lowest BCUT2D eigenvalue weighted by Crippen LogP contribution is -2.40. The number of likely N-dealkylation sites (N-methyl/N-ethyl adjacent to an activating group) is 1. The summed E-state index contributed by atoms with van der Waals surface area (Å²) in [6.45, 7) is 4.95. The van der Waals surface area contributed by atoms with E-state index in [-0.39, 0.29) is 11.9 Å². The summed E-state index contributed by atoms with van der Waals surface area (Å²) in [7, 11) is 3.24. The highest BCUT2D eigenvalue weighted by molar-refractivity contribution is 5.80. The highest BCUT2D eigenvalue weighted by Gasteiger charge is 2.10. The van der Waals surface area contributed by atoms with Gasteiger partial charge in [0.25, 0.3) is 0 Å². The van der Waals surface area contributed by atoms with E-state index in [1.165, 1.54) is 0 Å². The van der Waals surface area contributed by atoms with Gasteiger partial charge in [-0.2, -0.15) is 0 Å². The van der Waals surface area contributed by atoms with E-state index in [2.05, 4.69) is 10.6 Å². The van der Waals surface area contributed by atoms with Crippen LogP contribution in [0.2, 0.25) is 0 Å². The molecule has 0 bridgehead atoms. The van der Waals surface area contributed by atoms with Crippen LogP contribution in [-0.2, 0) is 11.3 Å². The summed E-state index contributed by atoms with van der Waals surface area (Å²) in [6, 6.07) is 5.51. The quantitative estimate of drug-likeness (QED) is 0.781. The van der Waals surface area contributed by atoms with Crippen molar-refractivity contribution in [1.82, 2.24) is 10.6 Å². The van der Waals surface area contributed by atoms with E-state index < -0.39 is 0 Å². The molecule has 0 heterocycles. The third-order valence-electron chi connectivity index (χ3n) is 2.78. The Kier molecular flexibility index (Phi) is 6.15. The number of hydrogen-bond donors (Lipinski definition) is 2. The highest BCUT2D eigenvalue weighted by atomic mass is 16.5. The van der Waals surface area contributed by atoms with Gasteiger partial charge in [-0.1, -0.05) is 6.07 Å². The Bertz CT molecular complexity index is 421. The second-order valence-corrected chi connectivity index (χ2v) is 4.14. The molecule has 1 aromatic rings. The van der Waals surface area contributed by atoms with E-state index in [9.17, 15) is 4.79 Å². The number of hydrogen-bond acceptors (Lipinski definition) is 4. The van der Waals surface area contributed by atoms with E-state index >= 15 is 0 Å². The van der Waals surface area contributed by atoms with Crippen LogP contribution in [0.5, 0.6) is 11.5 Å². The van der Waals surface area contributed by atoms with Gasteiger partial charge in [-0.15, -0.1) is 0 Å². The number of amides is 1. The van der Waals surface area contributed by atoms with E-state index in [1.807, 2.05) is 32.0 Å². The zero-order valence-electron chi connectivity index (χ0n) is 11.9. The zero-order chi connectivity index (χ0) is 14.3. The highest BCUT2D eigenvalue weighted by Crippen LogP contribution is 2.27. The van der Waals surface area contributed by atoms with Crippen molar-refractivity contribution in [3.05, 3.63) is 23.8 Å². The molecular weight excluding hydrogens is 244 g/mol. The van der Waals surface area contributed by atoms with Crippen LogP contribution in [0.4, 0.5) is 0 Å². The Morgan fingerprint density at radius 2 is 2.11 bits per heavy atom. The molecule has 0 aliphatic heterocycles. The van der Waals surface area contributed by atoms with E-state index in [1.54, 1.807) is 14.2 Å². The van der Waals surface area contributed by atoms with Crippen molar-refractivity contribution in [3.8, 4) is 11.5 Å². The van der Waals surface area contributed by atoms with Crippen LogP contribution in [0.1, 0.15) is 19.4 Å². The number of carbonyl (C=O) groups excluding carboxylic acids is 1. The zero-order valence-corrected chi connectivity index (χ0v) is 11.9. The Hall–Kier alpha value is -1.75. The lowest BCUT2D eigenvalue weighted by molar-refractivity contribution is -0.122. The fraction of sp³-hybridized carbons (Fsp3) is 0.500. The van der Waals surface area contributed by atoms with E-state index in [0.717, 1.165) is 11.3 Å². The van der Waals surface area contributed by atoms with Gasteiger partial charge < -0.3 is 20.1 Å². The van der Waals surface area contributed by atoms with Gasteiger partial charge in [-0.3, -0.25) is 4.79 Å². The normalized spacial score (nSPS) is 11.8. The molecule has 0 saturated heterocycles. The van der Waals surface area contributed by atoms with Crippen molar-refractivity contribution in [3.63, 3.8) is 0 Å². The Morgan fingerprint density at radius 3 is 2.68 bits per heavy atom. The topological polar surface area (TPSA) is 59.6 Å². The molecule has 2 N–H and O–H groups in total. The van der Waals surface area contributed by atoms with Crippen molar-refractivity contribution in [1.29, 1.82) is 0 Å². The summed E-state index contributed by atoms with van der Waals surface area (Å²) in [4.78, 5) is 11.4. The van der Waals surface area contributed by atoms with Gasteiger partial charge >= 0.3 is 0 Å². The van der Waals surface area contributed by atoms with Crippen LogP contribution in [-0.4, -0.2) is 32.7 Å². The molecule has 0 spiro atoms. The molecule has 1 unspecified atom stereocenters. The number of benzene rings is 1. The van der Waals surface area contributed by atoms with Crippen LogP contribution in [0.3, 0.4) is 0 Å². The van der Waals surface area contributed by atoms with Crippen LogP contribution in [0.15, 0.2) is 18.2 Å². The van der Waals surface area contributed by atoms with Gasteiger partial charge in [0.05, 0.1) is 19.8 Å². The van der Waals surface area contributed by atoms with E-state index in [0.29, 0.717) is 18.9 Å². The SMILES string of the molecule is CCOc1ccc(CNC(C)C(=O)NC)cc1OC. The molecular formula is C14H22N2O3. The second kappa shape index (κ2) is 7.63. The van der Waals surface area contributed by atoms with Crippen LogP contribution < -0.4 is 20.1 Å². The molecule has 5 heteroatoms. The first-order valence-corrected chi connectivity index (χ1v) is 6.37. The third-order valence-corrected chi connectivity index (χ3v) is 2.78. The minimum Gasteiger partial charge on any atom is -0.493 e. The van der Waals surface area contributed by atoms with Gasteiger partial charge in [0.15, 0.2) is 11.5 Å². The minimum atomic E-state index is -0.234. The molecule has 1 amide bonds. The molecule has 1 aromatic carbocycles. The van der Waals surface area contributed by atoms with Crippen molar-refractivity contribution in [2.24, 2.45) is 0 Å². The first-order chi connectivity index (χ1) is 9.12. The summed E-state index contributed by atoms with van der Waals surface area (Å²) in [5.74, 6) is 1.40. The monoisotopic (exact) mass is 266 g/mol. The van der Waals surface area contributed by atoms with Crippen LogP contribution in [0, 0.1) is 0 Å². The standard InChI is InChI=1S/C14H22N2O3/c1-5-19-12-7-6-11(8-13(12)18-4)9-16-10(2)14(17)15-3/h6-8,10,16H,5,9H2,1-4H3,(H,15,17). The summed E-state index contributed by atoms with van der Waals surface area (Å²) < 4.78 is 10.7. The average molecular weight is 266 g/mol. The smallest absolute Gasteiger partial charge is 0.236 e. The minimum absolute atomic E-state index is 0.0297. The maximum absolute atomic E-state index is 11.4. The molecule has 0 radical (unpaired) electrons. The van der Waals surface area contributed by atoms with Crippen molar-refractivity contribution in [2.75, 3.05) is 20.8 Å². The molecule has 0 aliphatic rings. The molecule has 0 saturated carbocycles. The van der Waals surface area contributed by atoms with Crippen molar-refractivity contribution >= 4 is 5.91 Å². The lowest BCUT2D eigenvalue weighted by atomic mass is 10.2. The molecule has 0 fully saturated rings. The van der Waals surface area contributed by atoms with Crippen LogP contribution >= 0.6 is 0 Å². The Morgan fingerprint density at radius 1 is 1.37 bits per heavy atom. The maximum Gasteiger partial charge on any atom is 0.236 e. The van der Waals surface area contributed by atoms with E-state index in [4.69, 9.17) is 9.47 Å². The maximum atomic E-state index is 11.4. The molecule has 0 aliphatic carbocycles. The number of carbonyl (C=O) groups is 1. The number of ether oxygens (including phenoxy) is 2. The van der Waals surface area contributed by atoms with Gasteiger partial charge in [0, 0.05) is 13.6 Å². The number of methoxy groups -OCH3 is 1. The first kappa shape index (κ1) is 15.3. The predicted octanol–water partition coefficient (Wildman–Crippen LogP) is 1.32. The molecule has 106 valence electrons. The molecule has 1 atom stereocenters. The predicted molar refractivity (Wildman–Crippen MR) is 74.5 cm³/mol. The van der Waals surface area contributed by atoms with Crippen molar-refractivity contribution in [2.45, 2.75) is 26.4 Å². The number of rotatable bonds is 7. The largest absolute Gasteiger partial charge is 0.493 e.